The smallest absolute Gasteiger partial charge is 0.134 e. The molecule has 0 saturated heterocycles. The average Bonchev–Trinajstić information content (AvgIpc) is 0.722. The molecule has 0 bridgehead atoms. The summed E-state index contributed by atoms with van der Waals surface area (Å²) in [6, 6.07) is 0. The molecule has 32 valence electrons. The summed E-state index contributed by atoms with van der Waals surface area (Å²) < 4.78 is -2.17. The quantitative estimate of drug-likeness (QED) is 0.392. The maximum Gasteiger partial charge on any atom is -0.134 e. The van der Waals surface area contributed by atoms with Crippen molar-refractivity contribution in [3.8, 4) is 0 Å². The molecular formula is ClPS3-2. The minimum absolute atomic E-state index is 2.17. The van der Waals surface area contributed by atoms with Gasteiger partial charge in [0.1, 0.15) is 0 Å². The highest BCUT2D eigenvalue weighted by atomic mass is 35.7. The lowest BCUT2D eigenvalue weighted by molar-refractivity contribution is 4.88. The van der Waals surface area contributed by atoms with Crippen molar-refractivity contribution in [2.75, 3.05) is 0 Å². The summed E-state index contributed by atoms with van der Waals surface area (Å²) in [4.78, 5) is 0. The summed E-state index contributed by atoms with van der Waals surface area (Å²) in [5.74, 6) is 0. The van der Waals surface area contributed by atoms with E-state index in [4.69, 9.17) is 11.2 Å². The van der Waals surface area contributed by atoms with Gasteiger partial charge < -0.3 is 24.5 Å². The van der Waals surface area contributed by atoms with Gasteiger partial charge in [0.05, 0.1) is 0 Å². The number of hydrogen-bond acceptors (Lipinski definition) is 3. The molecule has 0 saturated carbocycles. The van der Waals surface area contributed by atoms with Crippen LogP contribution >= 0.6 is 15.0 Å². The van der Waals surface area contributed by atoms with E-state index >= 15 is 0 Å². The topological polar surface area (TPSA) is 0 Å². The zero-order valence-corrected chi connectivity index (χ0v) is 6.15. The van der Waals surface area contributed by atoms with E-state index in [2.05, 4.69) is 36.3 Å². The molecule has 0 rings (SSSR count). The fourth-order valence-electron chi connectivity index (χ4n) is 0. The van der Waals surface area contributed by atoms with Gasteiger partial charge in [-0.05, 0) is 0 Å². The van der Waals surface area contributed by atoms with Crippen molar-refractivity contribution in [2.24, 2.45) is 0 Å². The molecule has 5 heavy (non-hydrogen) atoms. The fraction of sp³-hybridized carbons (Fsp3) is 0. The predicted octanol–water partition coefficient (Wildman–Crippen LogP) is 1.54. The minimum atomic E-state index is -2.17. The third-order valence-electron chi connectivity index (χ3n) is 0. The van der Waals surface area contributed by atoms with E-state index in [1.807, 2.05) is 0 Å². The first-order chi connectivity index (χ1) is 2.00. The summed E-state index contributed by atoms with van der Waals surface area (Å²) in [7, 11) is 0. The first kappa shape index (κ1) is 6.64. The molecule has 0 aliphatic rings. The number of halogens is 1. The van der Waals surface area contributed by atoms with Crippen LogP contribution in [0, 0.1) is 0 Å². The van der Waals surface area contributed by atoms with E-state index in [1.54, 1.807) is 0 Å². The van der Waals surface area contributed by atoms with Crippen LogP contribution in [0.5, 0.6) is 0 Å². The van der Waals surface area contributed by atoms with Gasteiger partial charge in [0.2, 0.25) is 0 Å². The van der Waals surface area contributed by atoms with E-state index in [9.17, 15) is 0 Å². The highest BCUT2D eigenvalue weighted by molar-refractivity contribution is 8.89. The Labute approximate surface area is 51.4 Å². The van der Waals surface area contributed by atoms with Gasteiger partial charge in [0.15, 0.2) is 0 Å². The molecule has 0 aromatic rings. The van der Waals surface area contributed by atoms with Gasteiger partial charge in [0, 0.05) is 0 Å². The van der Waals surface area contributed by atoms with E-state index in [0.29, 0.717) is 0 Å². The van der Waals surface area contributed by atoms with Crippen LogP contribution in [0.2, 0.25) is 0 Å². The first-order valence-corrected chi connectivity index (χ1v) is 6.45. The van der Waals surface area contributed by atoms with Crippen molar-refractivity contribution in [2.45, 2.75) is 0 Å². The van der Waals surface area contributed by atoms with E-state index < -0.39 is 3.79 Å². The van der Waals surface area contributed by atoms with Crippen LogP contribution in [0.15, 0.2) is 0 Å². The molecule has 0 heterocycles. The Balaban J connectivity index is 3.47. The lowest BCUT2D eigenvalue weighted by Gasteiger charge is -2.25. The summed E-state index contributed by atoms with van der Waals surface area (Å²) in [6.45, 7) is 0. The Morgan fingerprint density at radius 2 is 1.60 bits per heavy atom. The molecular weight excluding hydrogens is 163 g/mol. The first-order valence-electron chi connectivity index (χ1n) is 0.717. The van der Waals surface area contributed by atoms with Crippen molar-refractivity contribution in [3.05, 3.63) is 0 Å². The standard InChI is InChI=1S/ClH2PS3/c1-2(3,4)5/h(H2,3,4,5)/p-2. The molecule has 0 amide bonds. The van der Waals surface area contributed by atoms with Crippen molar-refractivity contribution in [1.82, 2.24) is 0 Å². The second kappa shape index (κ2) is 2.08. The second-order valence-corrected chi connectivity index (χ2v) is 11.6. The van der Waals surface area contributed by atoms with Crippen LogP contribution in [0.1, 0.15) is 0 Å². The molecule has 0 N–H and O–H groups in total. The third-order valence-corrected chi connectivity index (χ3v) is 0. The van der Waals surface area contributed by atoms with Crippen LogP contribution in [0.4, 0.5) is 0 Å². The lowest BCUT2D eigenvalue weighted by Crippen LogP contribution is -1.40. The Hall–Kier alpha value is 1.64. The minimum Gasteiger partial charge on any atom is -0.755 e. The highest BCUT2D eigenvalue weighted by Gasteiger charge is 1.55. The van der Waals surface area contributed by atoms with E-state index in [-0.39, 0.29) is 0 Å². The molecule has 0 radical (unpaired) electrons. The van der Waals surface area contributed by atoms with Crippen LogP contribution < -0.4 is 0 Å². The van der Waals surface area contributed by atoms with E-state index in [0.717, 1.165) is 0 Å². The monoisotopic (exact) mass is 162 g/mol. The van der Waals surface area contributed by atoms with Crippen LogP contribution in [-0.2, 0) is 36.3 Å². The largest absolute Gasteiger partial charge is 0.755 e. The van der Waals surface area contributed by atoms with Crippen LogP contribution in [-0.4, -0.2) is 0 Å². The zero-order chi connectivity index (χ0) is 4.50. The van der Waals surface area contributed by atoms with Gasteiger partial charge in [-0.15, -0.1) is 23.0 Å². The maximum atomic E-state index is 5.09. The van der Waals surface area contributed by atoms with Gasteiger partial charge in [-0.2, -0.15) is 0 Å². The van der Waals surface area contributed by atoms with Gasteiger partial charge in [-0.3, -0.25) is 0 Å². The molecule has 5 heteroatoms. The SMILES string of the molecule is S=P([S-])([S-])Cl. The number of rotatable bonds is 0. The highest BCUT2D eigenvalue weighted by Crippen LogP contribution is 2.45. The molecule has 0 fully saturated rings. The fourth-order valence-corrected chi connectivity index (χ4v) is 0. The van der Waals surface area contributed by atoms with Crippen LogP contribution in [0.25, 0.3) is 0 Å². The van der Waals surface area contributed by atoms with Crippen molar-refractivity contribution in [1.29, 1.82) is 0 Å². The second-order valence-electron chi connectivity index (χ2n) is 0.431. The van der Waals surface area contributed by atoms with Gasteiger partial charge >= 0.3 is 0 Å². The van der Waals surface area contributed by atoms with Gasteiger partial charge in [-0.1, -0.05) is 0 Å². The molecule has 0 aromatic heterocycles. The molecule has 0 atom stereocenters. The summed E-state index contributed by atoms with van der Waals surface area (Å²) in [5.41, 5.74) is 0. The summed E-state index contributed by atoms with van der Waals surface area (Å²) in [6.07, 6.45) is 0. The average molecular weight is 163 g/mol. The van der Waals surface area contributed by atoms with Gasteiger partial charge in [0.25, 0.3) is 0 Å². The molecule has 0 nitrogen and oxygen atoms in total. The predicted molar refractivity (Wildman–Crippen MR) is 34.9 cm³/mol. The Kier molecular flexibility index (Phi) is 2.76. The summed E-state index contributed by atoms with van der Waals surface area (Å²) in [5, 5.41) is 0. The maximum absolute atomic E-state index is 5.09. The molecule has 0 aliphatic heterocycles. The molecule has 0 spiro atoms. The third kappa shape index (κ3) is 27.8. The van der Waals surface area contributed by atoms with Gasteiger partial charge in [-0.25, -0.2) is 3.79 Å². The van der Waals surface area contributed by atoms with E-state index in [1.165, 1.54) is 0 Å². The van der Waals surface area contributed by atoms with Crippen LogP contribution in [0.3, 0.4) is 0 Å². The van der Waals surface area contributed by atoms with Crippen molar-refractivity contribution in [3.63, 3.8) is 0 Å². The van der Waals surface area contributed by atoms with Crippen molar-refractivity contribution < 1.29 is 0 Å². The number of hydrogen-bond donors (Lipinski definition) is 0. The molecule has 0 unspecified atom stereocenters. The Morgan fingerprint density at radius 1 is 1.60 bits per heavy atom. The molecule has 0 aliphatic carbocycles. The van der Waals surface area contributed by atoms with Crippen molar-refractivity contribution >= 4 is 51.3 Å². The summed E-state index contributed by atoms with van der Waals surface area (Å²) >= 11 is 18.1. The normalized spacial score (nSPS) is 11.8. The Bertz CT molecular complexity index is 53.0. The Morgan fingerprint density at radius 3 is 1.60 bits per heavy atom. The lowest BCUT2D eigenvalue weighted by atomic mass is 29.7. The zero-order valence-electron chi connectivity index (χ0n) is 2.05. The molecule has 0 aromatic carbocycles.